The molecular weight excluding hydrogens is 247 g/mol. The van der Waals surface area contributed by atoms with Crippen LogP contribution in [0.5, 0.6) is 11.5 Å². The van der Waals surface area contributed by atoms with Gasteiger partial charge in [0.05, 0.1) is 24.3 Å². The van der Waals surface area contributed by atoms with Crippen LogP contribution in [0.1, 0.15) is 5.56 Å². The first-order valence-corrected chi connectivity index (χ1v) is 5.24. The van der Waals surface area contributed by atoms with Gasteiger partial charge in [-0.1, -0.05) is 42.4 Å². The summed E-state index contributed by atoms with van der Waals surface area (Å²) in [7, 11) is 3.05. The minimum absolute atomic E-state index is 0.401. The monoisotopic (exact) mass is 258 g/mol. The number of benzene rings is 1. The van der Waals surface area contributed by atoms with Crippen molar-refractivity contribution in [3.05, 3.63) is 40.9 Å². The molecular formula is C12H12Cl2O2. The molecule has 0 saturated heterocycles. The number of methoxy groups -OCH3 is 2. The van der Waals surface area contributed by atoms with E-state index in [4.69, 9.17) is 32.7 Å². The van der Waals surface area contributed by atoms with Crippen LogP contribution in [0.15, 0.2) is 25.3 Å². The second kappa shape index (κ2) is 5.28. The predicted molar refractivity (Wildman–Crippen MR) is 68.8 cm³/mol. The van der Waals surface area contributed by atoms with Gasteiger partial charge in [0.15, 0.2) is 0 Å². The molecule has 0 saturated carbocycles. The van der Waals surface area contributed by atoms with Gasteiger partial charge >= 0.3 is 0 Å². The second-order valence-electron chi connectivity index (χ2n) is 3.01. The van der Waals surface area contributed by atoms with Gasteiger partial charge in [0.25, 0.3) is 0 Å². The fraction of sp³-hybridized carbons (Fsp3) is 0.167. The molecule has 0 amide bonds. The predicted octanol–water partition coefficient (Wildman–Crippen LogP) is 4.21. The standard InChI is InChI=1S/C12H12Cl2O2/c1-5-7(2)10-11(13)8(15-3)6-9(16-4)12(10)14/h5-6H,1-2H2,3-4H3. The van der Waals surface area contributed by atoms with Gasteiger partial charge in [-0.2, -0.15) is 0 Å². The Morgan fingerprint density at radius 1 is 1.19 bits per heavy atom. The zero-order valence-corrected chi connectivity index (χ0v) is 10.7. The third-order valence-corrected chi connectivity index (χ3v) is 2.89. The molecule has 2 nitrogen and oxygen atoms in total. The summed E-state index contributed by atoms with van der Waals surface area (Å²) in [6, 6.07) is 1.63. The molecule has 1 aromatic rings. The maximum atomic E-state index is 6.14. The molecule has 0 bridgehead atoms. The van der Waals surface area contributed by atoms with Crippen molar-refractivity contribution in [2.24, 2.45) is 0 Å². The molecule has 0 atom stereocenters. The first-order chi connectivity index (χ1) is 7.56. The molecule has 16 heavy (non-hydrogen) atoms. The molecule has 0 N–H and O–H groups in total. The summed E-state index contributed by atoms with van der Waals surface area (Å²) < 4.78 is 10.3. The molecule has 0 aliphatic carbocycles. The number of allylic oxidation sites excluding steroid dienone is 2. The maximum Gasteiger partial charge on any atom is 0.141 e. The Bertz CT molecular complexity index is 411. The summed E-state index contributed by atoms with van der Waals surface area (Å²) in [6.45, 7) is 7.45. The Hall–Kier alpha value is -1.12. The zero-order chi connectivity index (χ0) is 12.3. The molecule has 86 valence electrons. The fourth-order valence-electron chi connectivity index (χ4n) is 1.27. The first kappa shape index (κ1) is 12.9. The molecule has 4 heteroatoms. The van der Waals surface area contributed by atoms with Crippen LogP contribution in [-0.2, 0) is 0 Å². The molecule has 0 fully saturated rings. The second-order valence-corrected chi connectivity index (χ2v) is 3.77. The van der Waals surface area contributed by atoms with Crippen molar-refractivity contribution in [2.75, 3.05) is 14.2 Å². The van der Waals surface area contributed by atoms with Gasteiger partial charge < -0.3 is 9.47 Å². The van der Waals surface area contributed by atoms with E-state index in [1.807, 2.05) is 0 Å². The van der Waals surface area contributed by atoms with E-state index in [-0.39, 0.29) is 0 Å². The average Bonchev–Trinajstić information content (AvgIpc) is 2.29. The van der Waals surface area contributed by atoms with Gasteiger partial charge in [0.2, 0.25) is 0 Å². The van der Waals surface area contributed by atoms with Crippen LogP contribution in [0.25, 0.3) is 5.57 Å². The maximum absolute atomic E-state index is 6.14. The molecule has 1 aromatic carbocycles. The molecule has 1 rings (SSSR count). The Labute approximate surface area is 105 Å². The third kappa shape index (κ3) is 2.18. The molecule has 0 radical (unpaired) electrons. The minimum atomic E-state index is 0.401. The van der Waals surface area contributed by atoms with Crippen molar-refractivity contribution in [1.29, 1.82) is 0 Å². The highest BCUT2D eigenvalue weighted by Gasteiger charge is 2.17. The Balaban J connectivity index is 3.55. The largest absolute Gasteiger partial charge is 0.495 e. The quantitative estimate of drug-likeness (QED) is 0.754. The summed E-state index contributed by atoms with van der Waals surface area (Å²) in [5.41, 5.74) is 1.20. The van der Waals surface area contributed by atoms with Gasteiger partial charge in [0.1, 0.15) is 11.5 Å². The van der Waals surface area contributed by atoms with E-state index in [0.717, 1.165) is 0 Å². The number of hydrogen-bond acceptors (Lipinski definition) is 2. The molecule has 0 spiro atoms. The highest BCUT2D eigenvalue weighted by atomic mass is 35.5. The first-order valence-electron chi connectivity index (χ1n) is 4.48. The highest BCUT2D eigenvalue weighted by molar-refractivity contribution is 6.39. The van der Waals surface area contributed by atoms with Gasteiger partial charge in [-0.05, 0) is 5.57 Å². The van der Waals surface area contributed by atoms with E-state index < -0.39 is 0 Å². The average molecular weight is 259 g/mol. The molecule has 0 aliphatic rings. The van der Waals surface area contributed by atoms with Crippen LogP contribution in [-0.4, -0.2) is 14.2 Å². The summed E-state index contributed by atoms with van der Waals surface area (Å²) >= 11 is 12.3. The van der Waals surface area contributed by atoms with Gasteiger partial charge in [-0.25, -0.2) is 0 Å². The fourth-order valence-corrected chi connectivity index (χ4v) is 2.01. The van der Waals surface area contributed by atoms with Crippen LogP contribution in [0.2, 0.25) is 10.0 Å². The van der Waals surface area contributed by atoms with E-state index in [1.165, 1.54) is 14.2 Å². The minimum Gasteiger partial charge on any atom is -0.495 e. The summed E-state index contributed by atoms with van der Waals surface area (Å²) in [6.07, 6.45) is 1.58. The normalized spacial score (nSPS) is 9.75. The van der Waals surface area contributed by atoms with Gasteiger partial charge in [-0.15, -0.1) is 0 Å². The lowest BCUT2D eigenvalue weighted by atomic mass is 10.1. The van der Waals surface area contributed by atoms with Crippen LogP contribution in [0.4, 0.5) is 0 Å². The zero-order valence-electron chi connectivity index (χ0n) is 9.14. The molecule has 0 aromatic heterocycles. The van der Waals surface area contributed by atoms with Crippen molar-refractivity contribution in [1.82, 2.24) is 0 Å². The van der Waals surface area contributed by atoms with Crippen LogP contribution in [0, 0.1) is 0 Å². The summed E-state index contributed by atoms with van der Waals surface area (Å²) in [5.74, 6) is 0.974. The molecule has 0 heterocycles. The van der Waals surface area contributed by atoms with Crippen LogP contribution < -0.4 is 9.47 Å². The lowest BCUT2D eigenvalue weighted by Crippen LogP contribution is -1.94. The number of hydrogen-bond donors (Lipinski definition) is 0. The summed E-state index contributed by atoms with van der Waals surface area (Å²) in [4.78, 5) is 0. The highest BCUT2D eigenvalue weighted by Crippen LogP contribution is 2.43. The van der Waals surface area contributed by atoms with E-state index in [0.29, 0.717) is 32.7 Å². The van der Waals surface area contributed by atoms with Crippen molar-refractivity contribution in [3.8, 4) is 11.5 Å². The van der Waals surface area contributed by atoms with E-state index in [2.05, 4.69) is 13.2 Å². The number of ether oxygens (including phenoxy) is 2. The van der Waals surface area contributed by atoms with Crippen LogP contribution >= 0.6 is 23.2 Å². The number of rotatable bonds is 4. The van der Waals surface area contributed by atoms with Crippen molar-refractivity contribution >= 4 is 28.8 Å². The third-order valence-electron chi connectivity index (χ3n) is 2.14. The van der Waals surface area contributed by atoms with Gasteiger partial charge in [0, 0.05) is 11.6 Å². The Morgan fingerprint density at radius 3 is 1.94 bits per heavy atom. The van der Waals surface area contributed by atoms with E-state index in [9.17, 15) is 0 Å². The van der Waals surface area contributed by atoms with E-state index in [1.54, 1.807) is 12.1 Å². The van der Waals surface area contributed by atoms with Crippen molar-refractivity contribution in [2.45, 2.75) is 0 Å². The molecule has 0 unspecified atom stereocenters. The van der Waals surface area contributed by atoms with Crippen molar-refractivity contribution < 1.29 is 9.47 Å². The SMILES string of the molecule is C=CC(=C)c1c(Cl)c(OC)cc(OC)c1Cl. The Kier molecular flexibility index (Phi) is 4.27. The summed E-state index contributed by atoms with van der Waals surface area (Å²) in [5, 5.41) is 0.802. The van der Waals surface area contributed by atoms with Crippen molar-refractivity contribution in [3.63, 3.8) is 0 Å². The van der Waals surface area contributed by atoms with Crippen LogP contribution in [0.3, 0.4) is 0 Å². The smallest absolute Gasteiger partial charge is 0.141 e. The van der Waals surface area contributed by atoms with Gasteiger partial charge in [-0.3, -0.25) is 0 Å². The Morgan fingerprint density at radius 2 is 1.62 bits per heavy atom. The lowest BCUT2D eigenvalue weighted by Gasteiger charge is -2.14. The molecule has 0 aliphatic heterocycles. The number of halogens is 2. The van der Waals surface area contributed by atoms with E-state index >= 15 is 0 Å². The topological polar surface area (TPSA) is 18.5 Å². The lowest BCUT2D eigenvalue weighted by molar-refractivity contribution is 0.394.